The van der Waals surface area contributed by atoms with Crippen molar-refractivity contribution >= 4 is 6.41 Å². The van der Waals surface area contributed by atoms with Gasteiger partial charge in [0.15, 0.2) is 0 Å². The van der Waals surface area contributed by atoms with Gasteiger partial charge in [0.25, 0.3) is 0 Å². The van der Waals surface area contributed by atoms with Gasteiger partial charge >= 0.3 is 51.4 Å². The van der Waals surface area contributed by atoms with Gasteiger partial charge in [0.2, 0.25) is 6.41 Å². The topological polar surface area (TPSA) is 29.1 Å². The minimum Gasteiger partial charge on any atom is -0.336 e. The van der Waals surface area contributed by atoms with Crippen LogP contribution in [0, 0.1) is 0 Å². The van der Waals surface area contributed by atoms with Gasteiger partial charge in [-0.1, -0.05) is 6.58 Å². The van der Waals surface area contributed by atoms with Gasteiger partial charge < -0.3 is 5.32 Å². The van der Waals surface area contributed by atoms with Crippen LogP contribution in [0.3, 0.4) is 0 Å². The summed E-state index contributed by atoms with van der Waals surface area (Å²) in [7, 11) is 0. The second-order valence-corrected chi connectivity index (χ2v) is 0.489. The molecule has 1 amide bonds. The Morgan fingerprint density at radius 2 is 2.17 bits per heavy atom. The zero-order valence-electron chi connectivity index (χ0n) is 3.77. The summed E-state index contributed by atoms with van der Waals surface area (Å²) in [5.41, 5.74) is 0. The predicted molar refractivity (Wildman–Crippen MR) is 19.4 cm³/mol. The zero-order chi connectivity index (χ0) is 4.12. The van der Waals surface area contributed by atoms with Crippen LogP contribution in [-0.2, 0) is 4.79 Å². The summed E-state index contributed by atoms with van der Waals surface area (Å²) in [5.74, 6) is 0. The van der Waals surface area contributed by atoms with Gasteiger partial charge in [0, 0.05) is 0 Å². The molecular formula is C3H5KNO+. The van der Waals surface area contributed by atoms with Crippen molar-refractivity contribution in [3.8, 4) is 0 Å². The average molecular weight is 110 g/mol. The van der Waals surface area contributed by atoms with E-state index in [-0.39, 0.29) is 51.4 Å². The Balaban J connectivity index is 0. The molecule has 0 aliphatic heterocycles. The summed E-state index contributed by atoms with van der Waals surface area (Å²) in [6, 6.07) is 0. The maximum absolute atomic E-state index is 9.22. The standard InChI is InChI=1S/C3H5NO.K/c1-2-4-3-5;/h2-3H,1H2,(H,4,5);/q;+1. The van der Waals surface area contributed by atoms with E-state index in [9.17, 15) is 4.79 Å². The zero-order valence-corrected chi connectivity index (χ0v) is 6.89. The molecule has 0 fully saturated rings. The van der Waals surface area contributed by atoms with Crippen LogP contribution >= 0.6 is 0 Å². The first-order valence-corrected chi connectivity index (χ1v) is 1.22. The predicted octanol–water partition coefficient (Wildman–Crippen LogP) is -3.12. The molecule has 2 nitrogen and oxygen atoms in total. The Labute approximate surface area is 79.4 Å². The van der Waals surface area contributed by atoms with E-state index >= 15 is 0 Å². The first-order chi connectivity index (χ1) is 2.41. The molecule has 0 saturated carbocycles. The number of carbonyl (C=O) groups is 1. The molecule has 0 aliphatic rings. The number of nitrogens with one attached hydrogen (secondary N) is 1. The van der Waals surface area contributed by atoms with Crippen LogP contribution in [0.25, 0.3) is 0 Å². The minimum absolute atomic E-state index is 0. The molecule has 0 bridgehead atoms. The van der Waals surface area contributed by atoms with Crippen LogP contribution in [0.15, 0.2) is 12.8 Å². The van der Waals surface area contributed by atoms with Gasteiger partial charge in [-0.25, -0.2) is 0 Å². The molecule has 0 unspecified atom stereocenters. The Kier molecular flexibility index (Phi) is 15.4. The van der Waals surface area contributed by atoms with Crippen molar-refractivity contribution in [3.05, 3.63) is 12.8 Å². The first kappa shape index (κ1) is 9.96. The average Bonchev–Trinajstić information content (AvgIpc) is 1.41. The molecule has 0 aromatic rings. The summed E-state index contributed by atoms with van der Waals surface area (Å²) < 4.78 is 0. The molecule has 3 heteroatoms. The quantitative estimate of drug-likeness (QED) is 0.296. The minimum atomic E-state index is 0. The van der Waals surface area contributed by atoms with Crippen molar-refractivity contribution in [1.29, 1.82) is 0 Å². The van der Waals surface area contributed by atoms with Crippen LogP contribution in [0.5, 0.6) is 0 Å². The second kappa shape index (κ2) is 9.28. The number of hydrogen-bond acceptors (Lipinski definition) is 1. The first-order valence-electron chi connectivity index (χ1n) is 1.22. The molecule has 0 aromatic heterocycles. The number of hydrogen-bond donors (Lipinski definition) is 1. The fraction of sp³-hybridized carbons (Fsp3) is 0. The SMILES string of the molecule is C=CNC=O.[K+]. The Morgan fingerprint density at radius 1 is 1.67 bits per heavy atom. The van der Waals surface area contributed by atoms with Gasteiger partial charge in [-0.2, -0.15) is 0 Å². The molecule has 1 N–H and O–H groups in total. The molecule has 0 rings (SSSR count). The maximum atomic E-state index is 9.22. The molecule has 6 heavy (non-hydrogen) atoms. The van der Waals surface area contributed by atoms with E-state index in [2.05, 4.69) is 11.9 Å². The molecule has 0 atom stereocenters. The van der Waals surface area contributed by atoms with Crippen molar-refractivity contribution < 1.29 is 56.2 Å². The number of carbonyl (C=O) groups excluding carboxylic acids is 1. The van der Waals surface area contributed by atoms with Crippen molar-refractivity contribution in [2.45, 2.75) is 0 Å². The molecule has 0 aliphatic carbocycles. The van der Waals surface area contributed by atoms with Crippen LogP contribution in [0.1, 0.15) is 0 Å². The molecular weight excluding hydrogens is 105 g/mol. The Bertz CT molecular complexity index is 40.1. The van der Waals surface area contributed by atoms with Crippen LogP contribution in [-0.4, -0.2) is 6.41 Å². The third-order valence-electron chi connectivity index (χ3n) is 0.186. The van der Waals surface area contributed by atoms with Crippen molar-refractivity contribution in [1.82, 2.24) is 5.32 Å². The third-order valence-corrected chi connectivity index (χ3v) is 0.186. The van der Waals surface area contributed by atoms with Gasteiger partial charge in [-0.3, -0.25) is 4.79 Å². The monoisotopic (exact) mass is 110 g/mol. The van der Waals surface area contributed by atoms with E-state index in [1.165, 1.54) is 6.20 Å². The molecule has 0 heterocycles. The molecule has 0 spiro atoms. The summed E-state index contributed by atoms with van der Waals surface area (Å²) in [4.78, 5) is 9.22. The van der Waals surface area contributed by atoms with E-state index in [0.717, 1.165) is 0 Å². The summed E-state index contributed by atoms with van der Waals surface area (Å²) in [5, 5.41) is 2.19. The van der Waals surface area contributed by atoms with Gasteiger partial charge in [0.05, 0.1) is 0 Å². The van der Waals surface area contributed by atoms with Crippen LogP contribution < -0.4 is 56.7 Å². The normalized spacial score (nSPS) is 4.67. The molecule has 0 aromatic carbocycles. The van der Waals surface area contributed by atoms with E-state index in [1.807, 2.05) is 0 Å². The van der Waals surface area contributed by atoms with E-state index in [1.54, 1.807) is 0 Å². The molecule has 28 valence electrons. The smallest absolute Gasteiger partial charge is 0.336 e. The number of amides is 1. The fourth-order valence-corrected chi connectivity index (χ4v) is 0.0481. The Morgan fingerprint density at radius 3 is 2.17 bits per heavy atom. The largest absolute Gasteiger partial charge is 1.00 e. The summed E-state index contributed by atoms with van der Waals surface area (Å²) in [6.07, 6.45) is 1.88. The van der Waals surface area contributed by atoms with Gasteiger partial charge in [-0.15, -0.1) is 0 Å². The van der Waals surface area contributed by atoms with Crippen molar-refractivity contribution in [2.24, 2.45) is 0 Å². The van der Waals surface area contributed by atoms with E-state index < -0.39 is 0 Å². The van der Waals surface area contributed by atoms with E-state index in [0.29, 0.717) is 6.41 Å². The maximum Gasteiger partial charge on any atom is 1.00 e. The number of rotatable bonds is 2. The molecule has 0 saturated heterocycles. The second-order valence-electron chi connectivity index (χ2n) is 0.489. The van der Waals surface area contributed by atoms with Crippen molar-refractivity contribution in [2.75, 3.05) is 0 Å². The van der Waals surface area contributed by atoms with E-state index in [4.69, 9.17) is 0 Å². The third kappa shape index (κ3) is 8.85. The summed E-state index contributed by atoms with van der Waals surface area (Å²) >= 11 is 0. The fourth-order valence-electron chi connectivity index (χ4n) is 0.0481. The summed E-state index contributed by atoms with van der Waals surface area (Å²) in [6.45, 7) is 3.21. The van der Waals surface area contributed by atoms with Gasteiger partial charge in [-0.05, 0) is 6.20 Å². The van der Waals surface area contributed by atoms with Crippen molar-refractivity contribution in [3.63, 3.8) is 0 Å². The van der Waals surface area contributed by atoms with Gasteiger partial charge in [0.1, 0.15) is 0 Å². The van der Waals surface area contributed by atoms with Crippen LogP contribution in [0.2, 0.25) is 0 Å². The van der Waals surface area contributed by atoms with Crippen LogP contribution in [0.4, 0.5) is 0 Å². The molecule has 0 radical (unpaired) electrons. The Hall–Kier alpha value is 0.846.